The van der Waals surface area contributed by atoms with E-state index >= 15 is 0 Å². The Labute approximate surface area is 163 Å². The summed E-state index contributed by atoms with van der Waals surface area (Å²) < 4.78 is 0. The van der Waals surface area contributed by atoms with Crippen molar-refractivity contribution in [3.05, 3.63) is 35.4 Å². The monoisotopic (exact) mass is 439 g/mol. The Balaban J connectivity index is 0.00000169. The third kappa shape index (κ3) is 3.44. The van der Waals surface area contributed by atoms with Crippen molar-refractivity contribution < 1.29 is 0 Å². The Kier molecular flexibility index (Phi) is 5.73. The lowest BCUT2D eigenvalue weighted by atomic mass is 9.73. The highest BCUT2D eigenvalue weighted by molar-refractivity contribution is 14.0. The van der Waals surface area contributed by atoms with Crippen molar-refractivity contribution in [2.45, 2.75) is 50.9 Å². The Hall–Kier alpha value is -0.780. The largest absolute Gasteiger partial charge is 0.356 e. The highest BCUT2D eigenvalue weighted by atomic mass is 127. The molecule has 1 atom stereocenters. The van der Waals surface area contributed by atoms with Gasteiger partial charge in [0.2, 0.25) is 0 Å². The molecular weight excluding hydrogens is 409 g/mol. The highest BCUT2D eigenvalue weighted by Crippen LogP contribution is 2.43. The summed E-state index contributed by atoms with van der Waals surface area (Å²) in [6.07, 6.45) is 9.73. The molecule has 24 heavy (non-hydrogen) atoms. The van der Waals surface area contributed by atoms with Crippen molar-refractivity contribution >= 4 is 29.9 Å². The van der Waals surface area contributed by atoms with Gasteiger partial charge in [0, 0.05) is 32.6 Å². The van der Waals surface area contributed by atoms with E-state index in [0.29, 0.717) is 11.3 Å². The Morgan fingerprint density at radius 3 is 2.75 bits per heavy atom. The van der Waals surface area contributed by atoms with Crippen molar-refractivity contribution in [2.75, 3.05) is 26.7 Å². The van der Waals surface area contributed by atoms with E-state index in [1.54, 1.807) is 0 Å². The third-order valence-corrected chi connectivity index (χ3v) is 6.33. The van der Waals surface area contributed by atoms with E-state index in [-0.39, 0.29) is 24.0 Å². The molecule has 2 fully saturated rings. The van der Waals surface area contributed by atoms with Gasteiger partial charge in [0.15, 0.2) is 5.96 Å². The fourth-order valence-electron chi connectivity index (χ4n) is 4.92. The van der Waals surface area contributed by atoms with Crippen molar-refractivity contribution in [1.29, 1.82) is 0 Å². The second-order valence-electron chi connectivity index (χ2n) is 7.76. The molecule has 1 heterocycles. The molecular formula is C20H30IN3. The van der Waals surface area contributed by atoms with E-state index in [1.807, 2.05) is 7.05 Å². The Morgan fingerprint density at radius 1 is 1.21 bits per heavy atom. The van der Waals surface area contributed by atoms with Crippen LogP contribution in [-0.4, -0.2) is 37.5 Å². The topological polar surface area (TPSA) is 27.6 Å². The smallest absolute Gasteiger partial charge is 0.193 e. The molecule has 1 saturated carbocycles. The van der Waals surface area contributed by atoms with Crippen LogP contribution in [0.4, 0.5) is 0 Å². The molecule has 1 saturated heterocycles. The van der Waals surface area contributed by atoms with Crippen LogP contribution in [0.5, 0.6) is 0 Å². The van der Waals surface area contributed by atoms with Gasteiger partial charge < -0.3 is 10.2 Å². The average molecular weight is 439 g/mol. The first-order valence-electron chi connectivity index (χ1n) is 9.33. The fourth-order valence-corrected chi connectivity index (χ4v) is 4.92. The molecule has 1 spiro atoms. The van der Waals surface area contributed by atoms with Gasteiger partial charge in [-0.3, -0.25) is 4.99 Å². The summed E-state index contributed by atoms with van der Waals surface area (Å²) in [5, 5.41) is 3.65. The van der Waals surface area contributed by atoms with Crippen LogP contribution in [0.3, 0.4) is 0 Å². The van der Waals surface area contributed by atoms with Gasteiger partial charge in [-0.15, -0.1) is 24.0 Å². The van der Waals surface area contributed by atoms with Crippen LogP contribution < -0.4 is 5.32 Å². The SMILES string of the molecule is CN=C(NCC1Cc2ccccc21)N1CCC2(CCCCC2)C1.I. The van der Waals surface area contributed by atoms with Crippen molar-refractivity contribution in [2.24, 2.45) is 10.4 Å². The molecule has 0 aromatic heterocycles. The molecule has 3 aliphatic rings. The Morgan fingerprint density at radius 2 is 2.00 bits per heavy atom. The maximum absolute atomic E-state index is 4.57. The first-order valence-corrected chi connectivity index (χ1v) is 9.33. The van der Waals surface area contributed by atoms with Crippen LogP contribution in [0.2, 0.25) is 0 Å². The van der Waals surface area contributed by atoms with E-state index < -0.39 is 0 Å². The predicted octanol–water partition coefficient (Wildman–Crippen LogP) is 4.18. The molecule has 3 nitrogen and oxygen atoms in total. The first kappa shape index (κ1) is 18.0. The van der Waals surface area contributed by atoms with Gasteiger partial charge in [-0.1, -0.05) is 43.5 Å². The van der Waals surface area contributed by atoms with Gasteiger partial charge in [-0.05, 0) is 42.2 Å². The number of fused-ring (bicyclic) bond motifs is 1. The van der Waals surface area contributed by atoms with Gasteiger partial charge in [-0.25, -0.2) is 0 Å². The summed E-state index contributed by atoms with van der Waals surface area (Å²) >= 11 is 0. The van der Waals surface area contributed by atoms with Crippen molar-refractivity contribution in [3.63, 3.8) is 0 Å². The molecule has 132 valence electrons. The minimum atomic E-state index is 0. The normalized spacial score (nSPS) is 25.0. The lowest BCUT2D eigenvalue weighted by Crippen LogP contribution is -2.44. The number of benzene rings is 1. The second kappa shape index (κ2) is 7.63. The highest BCUT2D eigenvalue weighted by Gasteiger charge is 2.39. The van der Waals surface area contributed by atoms with E-state index in [0.717, 1.165) is 12.5 Å². The van der Waals surface area contributed by atoms with Crippen LogP contribution in [0.15, 0.2) is 29.3 Å². The van der Waals surface area contributed by atoms with Crippen LogP contribution in [0.1, 0.15) is 55.6 Å². The lowest BCUT2D eigenvalue weighted by Gasteiger charge is -2.34. The number of nitrogens with one attached hydrogen (secondary N) is 1. The van der Waals surface area contributed by atoms with Gasteiger partial charge in [0.1, 0.15) is 0 Å². The first-order chi connectivity index (χ1) is 11.3. The predicted molar refractivity (Wildman–Crippen MR) is 111 cm³/mol. The molecule has 1 aliphatic heterocycles. The van der Waals surface area contributed by atoms with Crippen molar-refractivity contribution in [1.82, 2.24) is 10.2 Å². The zero-order chi connectivity index (χ0) is 15.7. The molecule has 1 unspecified atom stereocenters. The number of hydrogen-bond donors (Lipinski definition) is 1. The molecule has 2 aliphatic carbocycles. The molecule has 1 aromatic rings. The van der Waals surface area contributed by atoms with Crippen LogP contribution in [-0.2, 0) is 6.42 Å². The minimum absolute atomic E-state index is 0. The Bertz CT molecular complexity index is 592. The number of aliphatic imine (C=N–C) groups is 1. The summed E-state index contributed by atoms with van der Waals surface area (Å²) in [5.41, 5.74) is 3.65. The van der Waals surface area contributed by atoms with Gasteiger partial charge >= 0.3 is 0 Å². The van der Waals surface area contributed by atoms with E-state index in [4.69, 9.17) is 0 Å². The molecule has 0 amide bonds. The molecule has 1 aromatic carbocycles. The maximum Gasteiger partial charge on any atom is 0.193 e. The quantitative estimate of drug-likeness (QED) is 0.426. The van der Waals surface area contributed by atoms with Crippen LogP contribution >= 0.6 is 24.0 Å². The van der Waals surface area contributed by atoms with Gasteiger partial charge in [0.25, 0.3) is 0 Å². The van der Waals surface area contributed by atoms with E-state index in [9.17, 15) is 0 Å². The van der Waals surface area contributed by atoms with Crippen LogP contribution in [0, 0.1) is 5.41 Å². The summed E-state index contributed by atoms with van der Waals surface area (Å²) in [5.74, 6) is 1.78. The maximum atomic E-state index is 4.57. The zero-order valence-corrected chi connectivity index (χ0v) is 17.1. The van der Waals surface area contributed by atoms with Gasteiger partial charge in [0.05, 0.1) is 0 Å². The van der Waals surface area contributed by atoms with Gasteiger partial charge in [-0.2, -0.15) is 0 Å². The average Bonchev–Trinajstić information content (AvgIpc) is 2.96. The van der Waals surface area contributed by atoms with Crippen molar-refractivity contribution in [3.8, 4) is 0 Å². The summed E-state index contributed by atoms with van der Waals surface area (Å²) in [7, 11) is 1.93. The van der Waals surface area contributed by atoms with E-state index in [2.05, 4.69) is 39.5 Å². The summed E-state index contributed by atoms with van der Waals surface area (Å²) in [6, 6.07) is 8.84. The molecule has 4 heteroatoms. The number of halogens is 1. The number of nitrogens with zero attached hydrogens (tertiary/aromatic N) is 2. The standard InChI is InChI=1S/C20H29N3.HI/c1-21-19(22-14-17-13-16-7-3-4-8-18(16)17)23-12-11-20(15-23)9-5-2-6-10-20;/h3-4,7-8,17H,2,5-6,9-15H2,1H3,(H,21,22);1H. The summed E-state index contributed by atoms with van der Waals surface area (Å²) in [4.78, 5) is 7.08. The summed E-state index contributed by atoms with van der Waals surface area (Å²) in [6.45, 7) is 3.42. The molecule has 0 radical (unpaired) electrons. The number of hydrogen-bond acceptors (Lipinski definition) is 1. The number of guanidine groups is 1. The zero-order valence-electron chi connectivity index (χ0n) is 14.8. The third-order valence-electron chi connectivity index (χ3n) is 6.33. The lowest BCUT2D eigenvalue weighted by molar-refractivity contribution is 0.203. The number of rotatable bonds is 2. The fraction of sp³-hybridized carbons (Fsp3) is 0.650. The minimum Gasteiger partial charge on any atom is -0.356 e. The number of likely N-dealkylation sites (tertiary alicyclic amines) is 1. The van der Waals surface area contributed by atoms with E-state index in [1.165, 1.54) is 69.2 Å². The second-order valence-corrected chi connectivity index (χ2v) is 7.76. The molecule has 4 rings (SSSR count). The molecule has 1 N–H and O–H groups in total. The molecule has 0 bridgehead atoms. The van der Waals surface area contributed by atoms with Crippen LogP contribution in [0.25, 0.3) is 0 Å².